The standard InChI is InChI=1S/C20H25BrO3/c1-19(2,14-9-15-21)24-18(22)20(23,16-10-5-3-6-11-16)17-12-7-4-8-13-17/h3,5-6,10-11,17,23H,4,7-8,12-13,15H2,1-2H3. The fourth-order valence-electron chi connectivity index (χ4n) is 3.31. The highest BCUT2D eigenvalue weighted by molar-refractivity contribution is 9.09. The Balaban J connectivity index is 2.33. The summed E-state index contributed by atoms with van der Waals surface area (Å²) in [5.74, 6) is 5.06. The summed E-state index contributed by atoms with van der Waals surface area (Å²) in [6.07, 6.45) is 4.86. The van der Waals surface area contributed by atoms with Gasteiger partial charge < -0.3 is 9.84 Å². The Labute approximate surface area is 152 Å². The molecule has 3 nitrogen and oxygen atoms in total. The molecule has 0 saturated heterocycles. The van der Waals surface area contributed by atoms with E-state index in [1.54, 1.807) is 26.0 Å². The number of hydrogen-bond acceptors (Lipinski definition) is 3. The van der Waals surface area contributed by atoms with Crippen molar-refractivity contribution in [1.29, 1.82) is 0 Å². The molecule has 1 aliphatic rings. The number of carbonyl (C=O) groups excluding carboxylic acids is 1. The lowest BCUT2D eigenvalue weighted by Gasteiger charge is -2.38. The zero-order valence-corrected chi connectivity index (χ0v) is 15.9. The number of benzene rings is 1. The highest BCUT2D eigenvalue weighted by Gasteiger charge is 2.48. The minimum absolute atomic E-state index is 0.124. The van der Waals surface area contributed by atoms with E-state index in [1.807, 2.05) is 18.2 Å². The fourth-order valence-corrected chi connectivity index (χ4v) is 3.45. The maximum atomic E-state index is 13.0. The van der Waals surface area contributed by atoms with Gasteiger partial charge in [0.1, 0.15) is 0 Å². The minimum atomic E-state index is -1.62. The predicted molar refractivity (Wildman–Crippen MR) is 98.7 cm³/mol. The van der Waals surface area contributed by atoms with Crippen molar-refractivity contribution in [2.75, 3.05) is 5.33 Å². The quantitative estimate of drug-likeness (QED) is 0.474. The molecule has 0 spiro atoms. The van der Waals surface area contributed by atoms with Gasteiger partial charge >= 0.3 is 5.97 Å². The molecule has 0 amide bonds. The average molecular weight is 393 g/mol. The molecule has 0 aliphatic heterocycles. The first-order valence-electron chi connectivity index (χ1n) is 8.47. The van der Waals surface area contributed by atoms with Crippen LogP contribution in [0.5, 0.6) is 0 Å². The highest BCUT2D eigenvalue weighted by Crippen LogP contribution is 2.41. The first-order valence-corrected chi connectivity index (χ1v) is 9.59. The molecular formula is C20H25BrO3. The van der Waals surface area contributed by atoms with E-state index in [9.17, 15) is 9.90 Å². The number of aliphatic hydroxyl groups is 1. The molecule has 1 unspecified atom stereocenters. The molecule has 0 bridgehead atoms. The predicted octanol–water partition coefficient (Wildman–Crippen LogP) is 4.17. The number of hydrogen-bond donors (Lipinski definition) is 1. The fraction of sp³-hybridized carbons (Fsp3) is 0.550. The normalized spacial score (nSPS) is 18.2. The van der Waals surface area contributed by atoms with Gasteiger partial charge in [-0.3, -0.25) is 0 Å². The van der Waals surface area contributed by atoms with Crippen LogP contribution in [0.1, 0.15) is 51.5 Å². The van der Waals surface area contributed by atoms with E-state index < -0.39 is 17.2 Å². The molecule has 4 heteroatoms. The maximum absolute atomic E-state index is 13.0. The van der Waals surface area contributed by atoms with Crippen LogP contribution in [0.15, 0.2) is 30.3 Å². The molecule has 1 aromatic carbocycles. The summed E-state index contributed by atoms with van der Waals surface area (Å²) in [7, 11) is 0. The zero-order valence-electron chi connectivity index (χ0n) is 14.3. The monoisotopic (exact) mass is 392 g/mol. The smallest absolute Gasteiger partial charge is 0.344 e. The van der Waals surface area contributed by atoms with Crippen LogP contribution in [0.25, 0.3) is 0 Å². The van der Waals surface area contributed by atoms with Crippen molar-refractivity contribution in [1.82, 2.24) is 0 Å². The van der Waals surface area contributed by atoms with E-state index in [0.717, 1.165) is 32.1 Å². The van der Waals surface area contributed by atoms with E-state index in [-0.39, 0.29) is 5.92 Å². The van der Waals surface area contributed by atoms with Crippen molar-refractivity contribution in [3.8, 4) is 11.8 Å². The summed E-state index contributed by atoms with van der Waals surface area (Å²) in [5.41, 5.74) is -1.96. The number of halogens is 1. The van der Waals surface area contributed by atoms with E-state index in [4.69, 9.17) is 4.74 Å². The molecule has 0 radical (unpaired) electrons. The van der Waals surface area contributed by atoms with Crippen molar-refractivity contribution in [3.63, 3.8) is 0 Å². The molecule has 1 N–H and O–H groups in total. The van der Waals surface area contributed by atoms with Gasteiger partial charge in [0, 0.05) is 5.92 Å². The minimum Gasteiger partial charge on any atom is -0.444 e. The second kappa shape index (κ2) is 8.18. The van der Waals surface area contributed by atoms with Gasteiger partial charge in [-0.15, -0.1) is 0 Å². The van der Waals surface area contributed by atoms with Crippen LogP contribution < -0.4 is 0 Å². The van der Waals surface area contributed by atoms with Gasteiger partial charge in [-0.05, 0) is 32.3 Å². The Hall–Kier alpha value is -1.31. The zero-order chi connectivity index (χ0) is 17.6. The van der Waals surface area contributed by atoms with E-state index in [2.05, 4.69) is 27.8 Å². The summed E-state index contributed by atoms with van der Waals surface area (Å²) >= 11 is 3.24. The van der Waals surface area contributed by atoms with Gasteiger partial charge in [0.15, 0.2) is 11.2 Å². The molecule has 1 saturated carbocycles. The van der Waals surface area contributed by atoms with Crippen LogP contribution in [0.3, 0.4) is 0 Å². The van der Waals surface area contributed by atoms with Crippen molar-refractivity contribution in [2.45, 2.75) is 57.2 Å². The second-order valence-corrected chi connectivity index (χ2v) is 7.36. The molecule has 1 fully saturated rings. The summed E-state index contributed by atoms with van der Waals surface area (Å²) < 4.78 is 5.63. The van der Waals surface area contributed by atoms with Crippen LogP contribution >= 0.6 is 15.9 Å². The third-order valence-electron chi connectivity index (χ3n) is 4.53. The van der Waals surface area contributed by atoms with Gasteiger partial charge in [0.05, 0.1) is 5.33 Å². The van der Waals surface area contributed by atoms with Crippen molar-refractivity contribution < 1.29 is 14.6 Å². The Morgan fingerprint density at radius 2 is 1.88 bits per heavy atom. The lowest BCUT2D eigenvalue weighted by atomic mass is 9.73. The molecule has 2 rings (SSSR count). The molecule has 1 aromatic rings. The van der Waals surface area contributed by atoms with Gasteiger partial charge in [-0.25, -0.2) is 4.79 Å². The molecule has 24 heavy (non-hydrogen) atoms. The lowest BCUT2D eigenvalue weighted by Crippen LogP contribution is -2.47. The van der Waals surface area contributed by atoms with Crippen LogP contribution in [0.4, 0.5) is 0 Å². The number of rotatable bonds is 4. The molecule has 130 valence electrons. The van der Waals surface area contributed by atoms with Crippen LogP contribution in [0.2, 0.25) is 0 Å². The Morgan fingerprint density at radius 3 is 2.46 bits per heavy atom. The van der Waals surface area contributed by atoms with Crippen LogP contribution in [0, 0.1) is 17.8 Å². The number of esters is 1. The van der Waals surface area contributed by atoms with Gasteiger partial charge in [0.2, 0.25) is 0 Å². The Kier molecular flexibility index (Phi) is 6.48. The topological polar surface area (TPSA) is 46.5 Å². The summed E-state index contributed by atoms with van der Waals surface area (Å²) in [5, 5.41) is 11.9. The Morgan fingerprint density at radius 1 is 1.25 bits per heavy atom. The summed E-state index contributed by atoms with van der Waals surface area (Å²) in [4.78, 5) is 13.0. The van der Waals surface area contributed by atoms with Crippen molar-refractivity contribution in [3.05, 3.63) is 35.9 Å². The first-order chi connectivity index (χ1) is 11.4. The highest BCUT2D eigenvalue weighted by atomic mass is 79.9. The molecule has 0 aromatic heterocycles. The Bertz CT molecular complexity index is 609. The molecule has 1 aliphatic carbocycles. The van der Waals surface area contributed by atoms with Gasteiger partial charge in [-0.2, -0.15) is 0 Å². The third-order valence-corrected chi connectivity index (χ3v) is 4.81. The van der Waals surface area contributed by atoms with E-state index in [0.29, 0.717) is 10.9 Å². The van der Waals surface area contributed by atoms with Gasteiger partial charge in [0.25, 0.3) is 0 Å². The first kappa shape index (κ1) is 19.0. The molecule has 0 heterocycles. The number of ether oxygens (including phenoxy) is 1. The molecular weight excluding hydrogens is 368 g/mol. The van der Waals surface area contributed by atoms with Crippen molar-refractivity contribution >= 4 is 21.9 Å². The van der Waals surface area contributed by atoms with E-state index >= 15 is 0 Å². The average Bonchev–Trinajstić information content (AvgIpc) is 2.60. The van der Waals surface area contributed by atoms with E-state index in [1.165, 1.54) is 0 Å². The SMILES string of the molecule is CC(C)(C#CCBr)OC(=O)C(O)(c1ccccc1)C1CCCCC1. The maximum Gasteiger partial charge on any atom is 0.344 e. The third kappa shape index (κ3) is 4.40. The van der Waals surface area contributed by atoms with Gasteiger partial charge in [-0.1, -0.05) is 77.4 Å². The summed E-state index contributed by atoms with van der Waals surface area (Å²) in [6.45, 7) is 3.49. The largest absolute Gasteiger partial charge is 0.444 e. The second-order valence-electron chi connectivity index (χ2n) is 6.80. The lowest BCUT2D eigenvalue weighted by molar-refractivity contribution is -0.184. The summed E-state index contributed by atoms with van der Waals surface area (Å²) in [6, 6.07) is 9.15. The van der Waals surface area contributed by atoms with Crippen LogP contribution in [-0.2, 0) is 15.1 Å². The number of carbonyl (C=O) groups is 1. The molecule has 1 atom stereocenters. The van der Waals surface area contributed by atoms with Crippen LogP contribution in [-0.4, -0.2) is 22.0 Å². The van der Waals surface area contributed by atoms with Crippen molar-refractivity contribution in [2.24, 2.45) is 5.92 Å². The number of alkyl halides is 1.